The van der Waals surface area contributed by atoms with E-state index in [1.165, 1.54) is 25.1 Å². The van der Waals surface area contributed by atoms with E-state index in [1.54, 1.807) is 24.3 Å². The SMILES string of the molecule is Cc1c(C(F)(F)F)n[nH]c1N/C(=N\C(=O)c1ccc(Cl)cc1Cl)Nc1cccc(Cl)c1. The number of amides is 1. The summed E-state index contributed by atoms with van der Waals surface area (Å²) < 4.78 is 39.1. The van der Waals surface area contributed by atoms with Gasteiger partial charge in [-0.25, -0.2) is 0 Å². The minimum absolute atomic E-state index is 0.0515. The molecule has 1 heterocycles. The number of carbonyl (C=O) groups is 1. The summed E-state index contributed by atoms with van der Waals surface area (Å²) in [6.45, 7) is 1.23. The molecule has 3 rings (SSSR count). The Morgan fingerprint density at radius 2 is 1.77 bits per heavy atom. The van der Waals surface area contributed by atoms with Crippen LogP contribution in [0.1, 0.15) is 21.6 Å². The molecule has 162 valence electrons. The third-order valence-electron chi connectivity index (χ3n) is 3.98. The number of aromatic amines is 1. The van der Waals surface area contributed by atoms with E-state index in [0.717, 1.165) is 0 Å². The third kappa shape index (κ3) is 5.69. The molecular weight excluding hydrogens is 478 g/mol. The highest BCUT2D eigenvalue weighted by molar-refractivity contribution is 6.37. The minimum Gasteiger partial charge on any atom is -0.326 e. The van der Waals surface area contributed by atoms with Crippen LogP contribution in [0.3, 0.4) is 0 Å². The number of aromatic nitrogens is 2. The molecule has 31 heavy (non-hydrogen) atoms. The van der Waals surface area contributed by atoms with Crippen molar-refractivity contribution in [2.24, 2.45) is 4.99 Å². The Morgan fingerprint density at radius 1 is 1.06 bits per heavy atom. The van der Waals surface area contributed by atoms with Crippen LogP contribution < -0.4 is 10.6 Å². The van der Waals surface area contributed by atoms with E-state index < -0.39 is 17.8 Å². The maximum atomic E-state index is 13.0. The molecule has 0 bridgehead atoms. The standard InChI is InChI=1S/C19H13Cl3F3N5O/c1-9-15(19(23,24)25)29-30-16(9)27-18(26-12-4-2-3-10(20)7-12)28-17(31)13-6-5-11(21)8-14(13)22/h2-8H,1H3,(H3,26,27,28,29,30,31). The molecule has 0 aliphatic heterocycles. The van der Waals surface area contributed by atoms with Gasteiger partial charge in [-0.1, -0.05) is 40.9 Å². The Morgan fingerprint density at radius 3 is 2.39 bits per heavy atom. The van der Waals surface area contributed by atoms with E-state index in [9.17, 15) is 18.0 Å². The van der Waals surface area contributed by atoms with Crippen LogP contribution in [-0.2, 0) is 6.18 Å². The molecule has 0 fully saturated rings. The fraction of sp³-hybridized carbons (Fsp3) is 0.105. The zero-order valence-electron chi connectivity index (χ0n) is 15.6. The van der Waals surface area contributed by atoms with Gasteiger partial charge in [0.1, 0.15) is 5.82 Å². The van der Waals surface area contributed by atoms with Gasteiger partial charge >= 0.3 is 6.18 Å². The van der Waals surface area contributed by atoms with Crippen LogP contribution in [0.2, 0.25) is 15.1 Å². The van der Waals surface area contributed by atoms with Crippen LogP contribution >= 0.6 is 34.8 Å². The van der Waals surface area contributed by atoms with Crippen molar-refractivity contribution in [3.05, 3.63) is 74.4 Å². The number of carbonyl (C=O) groups excluding carboxylic acids is 1. The number of nitrogens with zero attached hydrogens (tertiary/aromatic N) is 2. The van der Waals surface area contributed by atoms with Crippen molar-refractivity contribution in [2.75, 3.05) is 10.6 Å². The summed E-state index contributed by atoms with van der Waals surface area (Å²) in [5.41, 5.74) is -0.813. The van der Waals surface area contributed by atoms with Gasteiger partial charge in [-0.15, -0.1) is 0 Å². The molecular formula is C19H13Cl3F3N5O. The first-order valence-corrected chi connectivity index (χ1v) is 9.68. The van der Waals surface area contributed by atoms with Gasteiger partial charge < -0.3 is 10.6 Å². The van der Waals surface area contributed by atoms with Crippen LogP contribution in [0.25, 0.3) is 0 Å². The third-order valence-corrected chi connectivity index (χ3v) is 4.77. The molecule has 3 N–H and O–H groups in total. The molecule has 12 heteroatoms. The summed E-state index contributed by atoms with van der Waals surface area (Å²) >= 11 is 17.9. The zero-order valence-corrected chi connectivity index (χ0v) is 17.9. The van der Waals surface area contributed by atoms with E-state index in [2.05, 4.69) is 25.8 Å². The average Bonchev–Trinajstić information content (AvgIpc) is 3.02. The van der Waals surface area contributed by atoms with Gasteiger partial charge in [0.15, 0.2) is 5.69 Å². The van der Waals surface area contributed by atoms with Crippen LogP contribution in [0.15, 0.2) is 47.5 Å². The summed E-state index contributed by atoms with van der Waals surface area (Å²) in [4.78, 5) is 16.6. The van der Waals surface area contributed by atoms with E-state index in [1.807, 2.05) is 0 Å². The first-order chi connectivity index (χ1) is 14.5. The molecule has 0 aliphatic rings. The molecule has 0 saturated carbocycles. The van der Waals surface area contributed by atoms with Crippen LogP contribution in [0, 0.1) is 6.92 Å². The fourth-order valence-electron chi connectivity index (χ4n) is 2.53. The van der Waals surface area contributed by atoms with E-state index in [0.29, 0.717) is 15.7 Å². The van der Waals surface area contributed by atoms with Crippen molar-refractivity contribution < 1.29 is 18.0 Å². The summed E-state index contributed by atoms with van der Waals surface area (Å²) in [5, 5.41) is 11.8. The van der Waals surface area contributed by atoms with Crippen molar-refractivity contribution in [1.29, 1.82) is 0 Å². The van der Waals surface area contributed by atoms with Gasteiger partial charge in [0, 0.05) is 21.3 Å². The summed E-state index contributed by atoms with van der Waals surface area (Å²) in [6, 6.07) is 10.7. The predicted molar refractivity (Wildman–Crippen MR) is 115 cm³/mol. The quantitative estimate of drug-likeness (QED) is 0.292. The minimum atomic E-state index is -4.65. The number of guanidine groups is 1. The first kappa shape index (κ1) is 22.9. The lowest BCUT2D eigenvalue weighted by Gasteiger charge is -2.12. The van der Waals surface area contributed by atoms with Crippen molar-refractivity contribution in [2.45, 2.75) is 13.1 Å². The van der Waals surface area contributed by atoms with Gasteiger partial charge in [0.05, 0.1) is 10.6 Å². The van der Waals surface area contributed by atoms with Gasteiger partial charge in [0.2, 0.25) is 5.96 Å². The molecule has 0 spiro atoms. The summed E-state index contributed by atoms with van der Waals surface area (Å²) in [6.07, 6.45) is -4.65. The molecule has 0 atom stereocenters. The Hall–Kier alpha value is -2.75. The van der Waals surface area contributed by atoms with E-state index >= 15 is 0 Å². The lowest BCUT2D eigenvalue weighted by molar-refractivity contribution is -0.141. The number of rotatable bonds is 3. The number of hydrogen-bond acceptors (Lipinski definition) is 2. The highest BCUT2D eigenvalue weighted by atomic mass is 35.5. The largest absolute Gasteiger partial charge is 0.435 e. The Kier molecular flexibility index (Phi) is 6.78. The van der Waals surface area contributed by atoms with Crippen LogP contribution in [0.4, 0.5) is 24.7 Å². The highest BCUT2D eigenvalue weighted by Gasteiger charge is 2.36. The van der Waals surface area contributed by atoms with E-state index in [4.69, 9.17) is 34.8 Å². The monoisotopic (exact) mass is 489 g/mol. The molecule has 1 amide bonds. The number of benzene rings is 2. The predicted octanol–water partition coefficient (Wildman–Crippen LogP) is 6.42. The molecule has 0 unspecified atom stereocenters. The number of hydrogen-bond donors (Lipinski definition) is 3. The Balaban J connectivity index is 1.97. The van der Waals surface area contributed by atoms with Crippen molar-refractivity contribution in [1.82, 2.24) is 10.2 Å². The van der Waals surface area contributed by atoms with Gasteiger partial charge in [-0.2, -0.15) is 23.3 Å². The zero-order chi connectivity index (χ0) is 22.8. The number of H-pyrrole nitrogens is 1. The molecule has 3 aromatic rings. The number of nitrogens with one attached hydrogen (secondary N) is 3. The second-order valence-electron chi connectivity index (χ2n) is 6.22. The van der Waals surface area contributed by atoms with Crippen molar-refractivity contribution in [3.63, 3.8) is 0 Å². The summed E-state index contributed by atoms with van der Waals surface area (Å²) in [5.74, 6) is -1.04. The lowest BCUT2D eigenvalue weighted by atomic mass is 10.2. The Labute approximate surface area is 189 Å². The van der Waals surface area contributed by atoms with E-state index in [-0.39, 0.29) is 27.9 Å². The number of halogens is 6. The number of aliphatic imine (C=N–C) groups is 1. The second-order valence-corrected chi connectivity index (χ2v) is 7.50. The maximum Gasteiger partial charge on any atom is 0.435 e. The van der Waals surface area contributed by atoms with Crippen molar-refractivity contribution in [3.8, 4) is 0 Å². The van der Waals surface area contributed by atoms with Crippen LogP contribution in [-0.4, -0.2) is 22.1 Å². The molecule has 6 nitrogen and oxygen atoms in total. The Bertz CT molecular complexity index is 1160. The molecule has 1 aromatic heterocycles. The van der Waals surface area contributed by atoms with Gasteiger partial charge in [0.25, 0.3) is 5.91 Å². The normalized spacial score (nSPS) is 12.0. The topological polar surface area (TPSA) is 82.2 Å². The second kappa shape index (κ2) is 9.17. The molecule has 2 aromatic carbocycles. The van der Waals surface area contributed by atoms with Gasteiger partial charge in [-0.05, 0) is 43.3 Å². The molecule has 0 radical (unpaired) electrons. The number of anilines is 2. The molecule has 0 saturated heterocycles. The average molecular weight is 491 g/mol. The lowest BCUT2D eigenvalue weighted by Crippen LogP contribution is -2.24. The van der Waals surface area contributed by atoms with Crippen molar-refractivity contribution >= 4 is 58.2 Å². The smallest absolute Gasteiger partial charge is 0.326 e. The van der Waals surface area contributed by atoms with Gasteiger partial charge in [-0.3, -0.25) is 9.89 Å². The fourth-order valence-corrected chi connectivity index (χ4v) is 3.21. The first-order valence-electron chi connectivity index (χ1n) is 8.54. The summed E-state index contributed by atoms with van der Waals surface area (Å²) in [7, 11) is 0. The maximum absolute atomic E-state index is 13.0. The molecule has 0 aliphatic carbocycles. The highest BCUT2D eigenvalue weighted by Crippen LogP contribution is 2.32. The number of alkyl halides is 3. The van der Waals surface area contributed by atoms with Crippen LogP contribution in [0.5, 0.6) is 0 Å².